The zero-order chi connectivity index (χ0) is 19.5. The standard InChI is InChI=1S/C18H20O8/c1-12(19)24-10-17(26-13(2)20)11-25-18(23)9-16(22)8-5-14-3-6-15(21)7-4-14/h3-8,17,21H,9-11H2,1-2H3/b8-5+. The van der Waals surface area contributed by atoms with Gasteiger partial charge < -0.3 is 19.3 Å². The average molecular weight is 364 g/mol. The Morgan fingerprint density at radius 3 is 2.19 bits per heavy atom. The van der Waals surface area contributed by atoms with Gasteiger partial charge in [-0.25, -0.2) is 0 Å². The largest absolute Gasteiger partial charge is 0.508 e. The number of carbonyl (C=O) groups excluding carboxylic acids is 4. The van der Waals surface area contributed by atoms with Crippen LogP contribution in [-0.2, 0) is 33.4 Å². The molecule has 0 aliphatic rings. The number of ether oxygens (including phenoxy) is 3. The third-order valence-corrected chi connectivity index (χ3v) is 2.91. The van der Waals surface area contributed by atoms with E-state index >= 15 is 0 Å². The van der Waals surface area contributed by atoms with E-state index in [1.807, 2.05) is 0 Å². The molecular weight excluding hydrogens is 344 g/mol. The van der Waals surface area contributed by atoms with E-state index < -0.39 is 36.2 Å². The molecule has 1 rings (SSSR count). The Morgan fingerprint density at radius 2 is 1.62 bits per heavy atom. The number of carbonyl (C=O) groups is 4. The van der Waals surface area contributed by atoms with E-state index in [0.717, 1.165) is 0 Å². The normalized spacial score (nSPS) is 11.6. The Bertz CT molecular complexity index is 675. The Labute approximate surface area is 150 Å². The lowest BCUT2D eigenvalue weighted by atomic mass is 10.1. The van der Waals surface area contributed by atoms with E-state index in [1.54, 1.807) is 12.1 Å². The summed E-state index contributed by atoms with van der Waals surface area (Å²) in [6.07, 6.45) is 1.28. The quantitative estimate of drug-likeness (QED) is 0.302. The van der Waals surface area contributed by atoms with E-state index in [4.69, 9.17) is 19.3 Å². The molecular formula is C18H20O8. The molecule has 1 unspecified atom stereocenters. The summed E-state index contributed by atoms with van der Waals surface area (Å²) in [6, 6.07) is 6.15. The molecule has 8 heteroatoms. The van der Waals surface area contributed by atoms with Crippen LogP contribution < -0.4 is 0 Å². The highest BCUT2D eigenvalue weighted by molar-refractivity contribution is 6.03. The zero-order valence-corrected chi connectivity index (χ0v) is 14.5. The summed E-state index contributed by atoms with van der Waals surface area (Å²) in [5, 5.41) is 9.17. The van der Waals surface area contributed by atoms with Gasteiger partial charge in [0.1, 0.15) is 25.4 Å². The van der Waals surface area contributed by atoms with Crippen molar-refractivity contribution >= 4 is 29.8 Å². The van der Waals surface area contributed by atoms with Crippen molar-refractivity contribution in [1.29, 1.82) is 0 Å². The van der Waals surface area contributed by atoms with E-state index in [0.29, 0.717) is 5.56 Å². The van der Waals surface area contributed by atoms with Crippen LogP contribution in [0.2, 0.25) is 0 Å². The molecule has 0 saturated carbocycles. The van der Waals surface area contributed by atoms with Gasteiger partial charge in [0.25, 0.3) is 0 Å². The van der Waals surface area contributed by atoms with Crippen LogP contribution in [0.15, 0.2) is 30.3 Å². The molecule has 26 heavy (non-hydrogen) atoms. The lowest BCUT2D eigenvalue weighted by Crippen LogP contribution is -2.30. The number of rotatable bonds is 9. The van der Waals surface area contributed by atoms with E-state index in [2.05, 4.69) is 0 Å². The van der Waals surface area contributed by atoms with Crippen LogP contribution >= 0.6 is 0 Å². The van der Waals surface area contributed by atoms with Crippen LogP contribution in [0.25, 0.3) is 6.08 Å². The SMILES string of the molecule is CC(=O)OCC(COC(=O)CC(=O)/C=C/c1ccc(O)cc1)OC(C)=O. The third kappa shape index (κ3) is 9.21. The van der Waals surface area contributed by atoms with Crippen molar-refractivity contribution in [2.45, 2.75) is 26.4 Å². The van der Waals surface area contributed by atoms with E-state index in [1.165, 1.54) is 38.1 Å². The summed E-state index contributed by atoms with van der Waals surface area (Å²) in [7, 11) is 0. The number of hydrogen-bond acceptors (Lipinski definition) is 8. The van der Waals surface area contributed by atoms with Crippen LogP contribution in [-0.4, -0.2) is 48.1 Å². The fourth-order valence-electron chi connectivity index (χ4n) is 1.77. The summed E-state index contributed by atoms with van der Waals surface area (Å²) in [6.45, 7) is 1.77. The second-order valence-electron chi connectivity index (χ2n) is 5.28. The highest BCUT2D eigenvalue weighted by Gasteiger charge is 2.17. The van der Waals surface area contributed by atoms with Gasteiger partial charge in [0.2, 0.25) is 0 Å². The van der Waals surface area contributed by atoms with E-state index in [-0.39, 0.29) is 19.0 Å². The summed E-state index contributed by atoms with van der Waals surface area (Å²) in [4.78, 5) is 45.2. The maximum atomic E-state index is 11.7. The van der Waals surface area contributed by atoms with Gasteiger partial charge in [0, 0.05) is 13.8 Å². The number of allylic oxidation sites excluding steroid dienone is 1. The number of benzene rings is 1. The molecule has 140 valence electrons. The van der Waals surface area contributed by atoms with Gasteiger partial charge >= 0.3 is 17.9 Å². The highest BCUT2D eigenvalue weighted by atomic mass is 16.6. The van der Waals surface area contributed by atoms with Gasteiger partial charge in [-0.3, -0.25) is 19.2 Å². The fourth-order valence-corrected chi connectivity index (χ4v) is 1.77. The second-order valence-corrected chi connectivity index (χ2v) is 5.28. The highest BCUT2D eigenvalue weighted by Crippen LogP contribution is 2.11. The lowest BCUT2D eigenvalue weighted by Gasteiger charge is -2.16. The zero-order valence-electron chi connectivity index (χ0n) is 14.5. The van der Waals surface area contributed by atoms with Crippen molar-refractivity contribution in [3.05, 3.63) is 35.9 Å². The number of phenolic OH excluding ortho intramolecular Hbond substituents is 1. The van der Waals surface area contributed by atoms with Crippen molar-refractivity contribution in [2.75, 3.05) is 13.2 Å². The monoisotopic (exact) mass is 364 g/mol. The lowest BCUT2D eigenvalue weighted by molar-refractivity contribution is -0.164. The smallest absolute Gasteiger partial charge is 0.313 e. The van der Waals surface area contributed by atoms with Crippen molar-refractivity contribution in [3.63, 3.8) is 0 Å². The summed E-state index contributed by atoms with van der Waals surface area (Å²) in [5.74, 6) is -2.36. The predicted molar refractivity (Wildman–Crippen MR) is 89.9 cm³/mol. The van der Waals surface area contributed by atoms with Crippen molar-refractivity contribution in [2.24, 2.45) is 0 Å². The molecule has 0 aliphatic carbocycles. The molecule has 1 aromatic carbocycles. The van der Waals surface area contributed by atoms with Crippen LogP contribution in [0.3, 0.4) is 0 Å². The first-order valence-electron chi connectivity index (χ1n) is 7.72. The first-order valence-corrected chi connectivity index (χ1v) is 7.72. The van der Waals surface area contributed by atoms with E-state index in [9.17, 15) is 19.2 Å². The first kappa shape index (κ1) is 20.9. The molecule has 0 amide bonds. The Hall–Kier alpha value is -3.16. The molecule has 0 spiro atoms. The fraction of sp³-hybridized carbons (Fsp3) is 0.333. The average Bonchev–Trinajstić information content (AvgIpc) is 2.56. The van der Waals surface area contributed by atoms with Crippen molar-refractivity contribution in [3.8, 4) is 5.75 Å². The third-order valence-electron chi connectivity index (χ3n) is 2.91. The summed E-state index contributed by atoms with van der Waals surface area (Å²) >= 11 is 0. The van der Waals surface area contributed by atoms with Gasteiger partial charge in [0.05, 0.1) is 0 Å². The Kier molecular flexibility index (Phi) is 8.56. The molecule has 0 fully saturated rings. The molecule has 0 saturated heterocycles. The Balaban J connectivity index is 2.44. The molecule has 0 radical (unpaired) electrons. The summed E-state index contributed by atoms with van der Waals surface area (Å²) in [5.41, 5.74) is 0.681. The van der Waals surface area contributed by atoms with Crippen molar-refractivity contribution < 1.29 is 38.5 Å². The molecule has 0 aliphatic heterocycles. The minimum atomic E-state index is -0.942. The minimum absolute atomic E-state index is 0.105. The molecule has 1 atom stereocenters. The molecule has 0 aromatic heterocycles. The van der Waals surface area contributed by atoms with Gasteiger partial charge in [-0.15, -0.1) is 0 Å². The number of aromatic hydroxyl groups is 1. The summed E-state index contributed by atoms with van der Waals surface area (Å²) < 4.78 is 14.4. The van der Waals surface area contributed by atoms with Crippen LogP contribution in [0.5, 0.6) is 5.75 Å². The van der Waals surface area contributed by atoms with Gasteiger partial charge in [-0.05, 0) is 23.8 Å². The number of esters is 3. The first-order chi connectivity index (χ1) is 12.3. The second kappa shape index (κ2) is 10.7. The van der Waals surface area contributed by atoms with Gasteiger partial charge in [0.15, 0.2) is 11.9 Å². The van der Waals surface area contributed by atoms with Gasteiger partial charge in [-0.2, -0.15) is 0 Å². The molecule has 0 heterocycles. The number of hydrogen-bond donors (Lipinski definition) is 1. The van der Waals surface area contributed by atoms with Crippen LogP contribution in [0.4, 0.5) is 0 Å². The number of phenols is 1. The topological polar surface area (TPSA) is 116 Å². The van der Waals surface area contributed by atoms with Crippen LogP contribution in [0, 0.1) is 0 Å². The van der Waals surface area contributed by atoms with Gasteiger partial charge in [-0.1, -0.05) is 18.2 Å². The van der Waals surface area contributed by atoms with Crippen LogP contribution in [0.1, 0.15) is 25.8 Å². The number of ketones is 1. The predicted octanol–water partition coefficient (Wildman–Crippen LogP) is 1.40. The molecule has 8 nitrogen and oxygen atoms in total. The maximum absolute atomic E-state index is 11.7. The Morgan fingerprint density at radius 1 is 1.00 bits per heavy atom. The minimum Gasteiger partial charge on any atom is -0.508 e. The molecule has 1 N–H and O–H groups in total. The molecule has 1 aromatic rings. The van der Waals surface area contributed by atoms with Crippen molar-refractivity contribution in [1.82, 2.24) is 0 Å². The maximum Gasteiger partial charge on any atom is 0.313 e. The molecule has 0 bridgehead atoms.